The van der Waals surface area contributed by atoms with Gasteiger partial charge in [-0.25, -0.2) is 0 Å². The molecule has 32 heavy (non-hydrogen) atoms. The van der Waals surface area contributed by atoms with Crippen molar-refractivity contribution in [1.29, 1.82) is 0 Å². The molecule has 1 aliphatic carbocycles. The zero-order valence-corrected chi connectivity index (χ0v) is 21.2. The number of pyridine rings is 1. The number of rotatable bonds is 6. The molecule has 0 spiro atoms. The highest BCUT2D eigenvalue weighted by Crippen LogP contribution is 2.57. The highest BCUT2D eigenvalue weighted by Gasteiger charge is 2.59. The van der Waals surface area contributed by atoms with E-state index in [1.807, 2.05) is 0 Å². The van der Waals surface area contributed by atoms with Crippen LogP contribution in [0.2, 0.25) is 0 Å². The predicted molar refractivity (Wildman–Crippen MR) is 137 cm³/mol. The Morgan fingerprint density at radius 2 is 1.59 bits per heavy atom. The second-order valence-electron chi connectivity index (χ2n) is 11.3. The molecule has 0 N–H and O–H groups in total. The van der Waals surface area contributed by atoms with Gasteiger partial charge < -0.3 is 0 Å². The van der Waals surface area contributed by atoms with Crippen LogP contribution < -0.4 is 4.57 Å². The zero-order valence-electron chi connectivity index (χ0n) is 21.2. The third-order valence-corrected chi connectivity index (χ3v) is 9.33. The van der Waals surface area contributed by atoms with E-state index < -0.39 is 0 Å². The van der Waals surface area contributed by atoms with Gasteiger partial charge in [-0.3, -0.25) is 0 Å². The molecule has 2 aliphatic rings. The van der Waals surface area contributed by atoms with Crippen molar-refractivity contribution in [2.45, 2.75) is 103 Å². The second kappa shape index (κ2) is 7.17. The molecule has 168 valence electrons. The van der Waals surface area contributed by atoms with Crippen LogP contribution in [0.15, 0.2) is 42.6 Å². The monoisotopic (exact) mass is 426 g/mol. The van der Waals surface area contributed by atoms with Crippen LogP contribution in [-0.2, 0) is 22.8 Å². The quantitative estimate of drug-likeness (QED) is 0.352. The average molecular weight is 427 g/mol. The molecule has 0 fully saturated rings. The fraction of sp³-hybridized carbons (Fsp3) is 0.516. The lowest BCUT2D eigenvalue weighted by molar-refractivity contribution is -0.764. The molecule has 0 saturated heterocycles. The molecule has 1 nitrogen and oxygen atoms in total. The van der Waals surface area contributed by atoms with Crippen molar-refractivity contribution in [3.8, 4) is 11.3 Å². The summed E-state index contributed by atoms with van der Waals surface area (Å²) in [5.74, 6) is 0. The molecule has 2 heterocycles. The Bertz CT molecular complexity index is 1220. The van der Waals surface area contributed by atoms with Crippen molar-refractivity contribution < 1.29 is 4.57 Å². The van der Waals surface area contributed by atoms with Crippen LogP contribution in [-0.4, -0.2) is 0 Å². The Morgan fingerprint density at radius 3 is 2.28 bits per heavy atom. The molecule has 0 radical (unpaired) electrons. The lowest BCUT2D eigenvalue weighted by Gasteiger charge is -2.49. The molecule has 1 heteroatoms. The number of unbranched alkanes of at least 4 members (excludes halogenated alkanes) is 1. The predicted octanol–water partition coefficient (Wildman–Crippen LogP) is 7.97. The molecule has 2 atom stereocenters. The summed E-state index contributed by atoms with van der Waals surface area (Å²) in [5, 5.41) is 2.92. The molecule has 2 aromatic carbocycles. The molecule has 1 aromatic heterocycles. The number of benzene rings is 2. The SMILES string of the molecule is CCCCc1cc2c3c4[n+](ccc3c1)C(C)(CC)C(C)(CCC)c1cccc(c1-4)C2(C)C. The molecular weight excluding hydrogens is 386 g/mol. The van der Waals surface area contributed by atoms with Crippen molar-refractivity contribution in [3.05, 3.63) is 64.8 Å². The fourth-order valence-corrected chi connectivity index (χ4v) is 7.10. The van der Waals surface area contributed by atoms with E-state index in [-0.39, 0.29) is 16.4 Å². The van der Waals surface area contributed by atoms with Gasteiger partial charge in [0, 0.05) is 24.8 Å². The lowest BCUT2D eigenvalue weighted by atomic mass is 9.56. The molecule has 3 aromatic rings. The Balaban J connectivity index is 1.95. The van der Waals surface area contributed by atoms with Crippen LogP contribution in [0.4, 0.5) is 0 Å². The van der Waals surface area contributed by atoms with E-state index in [0.717, 1.165) is 6.42 Å². The van der Waals surface area contributed by atoms with Crippen molar-refractivity contribution >= 4 is 10.8 Å². The summed E-state index contributed by atoms with van der Waals surface area (Å²) in [6.45, 7) is 17.0. The van der Waals surface area contributed by atoms with Gasteiger partial charge in [-0.15, -0.1) is 0 Å². The Hall–Kier alpha value is -2.15. The van der Waals surface area contributed by atoms with Crippen LogP contribution >= 0.6 is 0 Å². The molecular formula is C31H40N+. The number of aryl methyl sites for hydroxylation is 1. The maximum Gasteiger partial charge on any atom is 0.221 e. The van der Waals surface area contributed by atoms with Gasteiger partial charge in [-0.05, 0) is 53.8 Å². The van der Waals surface area contributed by atoms with Crippen molar-refractivity contribution in [2.75, 3.05) is 0 Å². The van der Waals surface area contributed by atoms with E-state index >= 15 is 0 Å². The second-order valence-corrected chi connectivity index (χ2v) is 11.3. The van der Waals surface area contributed by atoms with Gasteiger partial charge >= 0.3 is 0 Å². The third-order valence-electron chi connectivity index (χ3n) is 9.33. The minimum absolute atomic E-state index is 0.00504. The van der Waals surface area contributed by atoms with E-state index in [9.17, 15) is 0 Å². The summed E-state index contributed by atoms with van der Waals surface area (Å²) in [7, 11) is 0. The van der Waals surface area contributed by atoms with Crippen LogP contribution in [0.5, 0.6) is 0 Å². The van der Waals surface area contributed by atoms with E-state index in [4.69, 9.17) is 0 Å². The number of aromatic nitrogens is 1. The van der Waals surface area contributed by atoms with Gasteiger partial charge in [-0.1, -0.05) is 77.8 Å². The maximum atomic E-state index is 2.68. The Labute approximate surface area is 194 Å². The standard InChI is InChI=1S/C31H40N/c1-8-11-13-21-19-22-16-18-32-28-26(22)25(20-21)29(4,5)23-14-12-15-24(27(23)28)30(6,17-9-2)31(32,7)10-3/h12,14-16,18-20H,8-11,13,17H2,1-7H3/q+1. The number of hydrogen-bond donors (Lipinski definition) is 0. The van der Waals surface area contributed by atoms with Gasteiger partial charge in [-0.2, -0.15) is 4.57 Å². The average Bonchev–Trinajstić information content (AvgIpc) is 2.79. The first-order chi connectivity index (χ1) is 15.2. The molecule has 2 unspecified atom stereocenters. The maximum absolute atomic E-state index is 2.68. The van der Waals surface area contributed by atoms with E-state index in [1.54, 1.807) is 5.56 Å². The summed E-state index contributed by atoms with van der Waals surface area (Å²) in [5.41, 5.74) is 9.27. The molecule has 0 saturated carbocycles. The highest BCUT2D eigenvalue weighted by atomic mass is 15.1. The van der Waals surface area contributed by atoms with Gasteiger partial charge in [0.2, 0.25) is 5.69 Å². The molecule has 5 rings (SSSR count). The van der Waals surface area contributed by atoms with Gasteiger partial charge in [0.15, 0.2) is 11.7 Å². The van der Waals surface area contributed by atoms with Gasteiger partial charge in [0.1, 0.15) is 0 Å². The van der Waals surface area contributed by atoms with Crippen molar-refractivity contribution in [3.63, 3.8) is 0 Å². The Kier molecular flexibility index (Phi) is 4.86. The minimum Gasteiger partial charge on any atom is -0.192 e. The normalized spacial score (nSPS) is 24.7. The lowest BCUT2D eigenvalue weighted by Crippen LogP contribution is -2.68. The summed E-state index contributed by atoms with van der Waals surface area (Å²) in [4.78, 5) is 0. The fourth-order valence-electron chi connectivity index (χ4n) is 7.10. The third kappa shape index (κ3) is 2.54. The molecule has 1 aliphatic heterocycles. The topological polar surface area (TPSA) is 3.88 Å². The van der Waals surface area contributed by atoms with Crippen molar-refractivity contribution in [1.82, 2.24) is 0 Å². The summed E-state index contributed by atoms with van der Waals surface area (Å²) in [6, 6.07) is 14.6. The van der Waals surface area contributed by atoms with Crippen LogP contribution in [0.3, 0.4) is 0 Å². The first-order valence-electron chi connectivity index (χ1n) is 12.9. The smallest absolute Gasteiger partial charge is 0.192 e. The van der Waals surface area contributed by atoms with E-state index in [0.29, 0.717) is 0 Å². The molecule has 0 amide bonds. The number of nitrogens with zero attached hydrogens (tertiary/aromatic N) is 1. The Morgan fingerprint density at radius 1 is 0.844 bits per heavy atom. The van der Waals surface area contributed by atoms with E-state index in [1.165, 1.54) is 70.8 Å². The van der Waals surface area contributed by atoms with Crippen LogP contribution in [0.1, 0.15) is 103 Å². The summed E-state index contributed by atoms with van der Waals surface area (Å²) in [6.07, 6.45) is 9.64. The largest absolute Gasteiger partial charge is 0.221 e. The van der Waals surface area contributed by atoms with Crippen LogP contribution in [0.25, 0.3) is 22.0 Å². The summed E-state index contributed by atoms with van der Waals surface area (Å²) < 4.78 is 2.68. The number of hydrogen-bond acceptors (Lipinski definition) is 0. The highest BCUT2D eigenvalue weighted by molar-refractivity contribution is 6.01. The first-order valence-corrected chi connectivity index (χ1v) is 12.9. The van der Waals surface area contributed by atoms with Gasteiger partial charge in [0.05, 0.1) is 16.4 Å². The first kappa shape index (κ1) is 21.7. The van der Waals surface area contributed by atoms with E-state index in [2.05, 4.69) is 95.6 Å². The van der Waals surface area contributed by atoms with Crippen molar-refractivity contribution in [2.24, 2.45) is 0 Å². The minimum atomic E-state index is 0.00504. The van der Waals surface area contributed by atoms with Gasteiger partial charge in [0.25, 0.3) is 0 Å². The zero-order chi connectivity index (χ0) is 22.9. The summed E-state index contributed by atoms with van der Waals surface area (Å²) >= 11 is 0. The van der Waals surface area contributed by atoms with Crippen LogP contribution in [0, 0.1) is 0 Å². The molecule has 0 bridgehead atoms.